The van der Waals surface area contributed by atoms with Crippen molar-refractivity contribution in [1.29, 1.82) is 0 Å². The fourth-order valence-electron chi connectivity index (χ4n) is 4.04. The van der Waals surface area contributed by atoms with Gasteiger partial charge >= 0.3 is 12.1 Å². The first-order valence-corrected chi connectivity index (χ1v) is 10.1. The fraction of sp³-hybridized carbons (Fsp3) is 0.571. The molecule has 0 N–H and O–H groups in total. The first-order valence-electron chi connectivity index (χ1n) is 10.1. The predicted molar refractivity (Wildman–Crippen MR) is 101 cm³/mol. The third-order valence-corrected chi connectivity index (χ3v) is 5.54. The molecule has 0 aliphatic carbocycles. The molecule has 9 heteroatoms. The van der Waals surface area contributed by atoms with Crippen LogP contribution in [-0.4, -0.2) is 53.8 Å². The number of nitrogens with zero attached hydrogens (tertiary/aromatic N) is 2. The lowest BCUT2D eigenvalue weighted by Crippen LogP contribution is -2.45. The van der Waals surface area contributed by atoms with E-state index in [1.807, 2.05) is 0 Å². The molecule has 0 saturated carbocycles. The fourth-order valence-corrected chi connectivity index (χ4v) is 4.04. The molecule has 0 spiro atoms. The van der Waals surface area contributed by atoms with Gasteiger partial charge in [-0.15, -0.1) is 0 Å². The molecule has 1 aromatic carbocycles. The van der Waals surface area contributed by atoms with Crippen molar-refractivity contribution in [3.05, 3.63) is 35.4 Å². The maximum Gasteiger partial charge on any atom is 0.416 e. The van der Waals surface area contributed by atoms with Gasteiger partial charge in [-0.3, -0.25) is 14.4 Å². The van der Waals surface area contributed by atoms with E-state index in [4.69, 9.17) is 4.74 Å². The molecule has 2 amide bonds. The number of carbonyl (C=O) groups is 3. The SMILES string of the molecule is CCOC(=O)C1CCCN(C(=O)C2CC(=O)N(Cc3cccc(C(F)(F)F)c3)C2)C1. The summed E-state index contributed by atoms with van der Waals surface area (Å²) >= 11 is 0. The topological polar surface area (TPSA) is 66.9 Å². The van der Waals surface area contributed by atoms with Gasteiger partial charge in [-0.2, -0.15) is 13.2 Å². The van der Waals surface area contributed by atoms with Crippen molar-refractivity contribution in [1.82, 2.24) is 9.80 Å². The molecule has 2 unspecified atom stereocenters. The smallest absolute Gasteiger partial charge is 0.416 e. The van der Waals surface area contributed by atoms with Gasteiger partial charge in [0.1, 0.15) is 0 Å². The minimum Gasteiger partial charge on any atom is -0.466 e. The Balaban J connectivity index is 1.61. The summed E-state index contributed by atoms with van der Waals surface area (Å²) in [5.74, 6) is -1.68. The third kappa shape index (κ3) is 5.12. The van der Waals surface area contributed by atoms with Gasteiger partial charge in [-0.25, -0.2) is 0 Å². The van der Waals surface area contributed by atoms with E-state index in [1.165, 1.54) is 17.0 Å². The van der Waals surface area contributed by atoms with Crippen molar-refractivity contribution >= 4 is 17.8 Å². The molecule has 2 aliphatic heterocycles. The summed E-state index contributed by atoms with van der Waals surface area (Å²) in [4.78, 5) is 40.3. The van der Waals surface area contributed by atoms with Crippen molar-refractivity contribution < 1.29 is 32.3 Å². The van der Waals surface area contributed by atoms with Crippen LogP contribution in [0, 0.1) is 11.8 Å². The molecule has 2 aliphatic rings. The van der Waals surface area contributed by atoms with Gasteiger partial charge in [0.15, 0.2) is 0 Å². The van der Waals surface area contributed by atoms with E-state index >= 15 is 0 Å². The molecule has 6 nitrogen and oxygen atoms in total. The number of amides is 2. The van der Waals surface area contributed by atoms with E-state index in [0.29, 0.717) is 24.9 Å². The summed E-state index contributed by atoms with van der Waals surface area (Å²) in [5.41, 5.74) is -0.399. The van der Waals surface area contributed by atoms with E-state index in [2.05, 4.69) is 0 Å². The number of esters is 1. The lowest BCUT2D eigenvalue weighted by molar-refractivity contribution is -0.152. The second-order valence-electron chi connectivity index (χ2n) is 7.75. The number of halogens is 3. The molecule has 0 aromatic heterocycles. The number of likely N-dealkylation sites (tertiary alicyclic amines) is 2. The zero-order valence-corrected chi connectivity index (χ0v) is 16.8. The van der Waals surface area contributed by atoms with E-state index < -0.39 is 17.7 Å². The van der Waals surface area contributed by atoms with Crippen LogP contribution in [0.15, 0.2) is 24.3 Å². The van der Waals surface area contributed by atoms with Crippen LogP contribution in [0.1, 0.15) is 37.3 Å². The number of alkyl halides is 3. The molecule has 2 saturated heterocycles. The molecule has 2 fully saturated rings. The van der Waals surface area contributed by atoms with Crippen molar-refractivity contribution in [2.75, 3.05) is 26.2 Å². The molecule has 2 atom stereocenters. The first-order chi connectivity index (χ1) is 14.2. The van der Waals surface area contributed by atoms with E-state index in [-0.39, 0.29) is 56.4 Å². The number of rotatable bonds is 5. The van der Waals surface area contributed by atoms with Gasteiger partial charge in [0.05, 0.1) is 24.0 Å². The quantitative estimate of drug-likeness (QED) is 0.680. The van der Waals surface area contributed by atoms with Crippen LogP contribution in [-0.2, 0) is 31.8 Å². The lowest BCUT2D eigenvalue weighted by atomic mass is 9.96. The Hall–Kier alpha value is -2.58. The highest BCUT2D eigenvalue weighted by atomic mass is 19.4. The Morgan fingerprint density at radius 3 is 2.67 bits per heavy atom. The molecule has 164 valence electrons. The van der Waals surface area contributed by atoms with Crippen LogP contribution in [0.25, 0.3) is 0 Å². The van der Waals surface area contributed by atoms with Crippen LogP contribution < -0.4 is 0 Å². The average Bonchev–Trinajstić information content (AvgIpc) is 3.07. The van der Waals surface area contributed by atoms with E-state index in [9.17, 15) is 27.6 Å². The third-order valence-electron chi connectivity index (χ3n) is 5.54. The number of ether oxygens (including phenoxy) is 1. The highest BCUT2D eigenvalue weighted by molar-refractivity contribution is 5.89. The van der Waals surface area contributed by atoms with Crippen molar-refractivity contribution in [3.63, 3.8) is 0 Å². The maximum atomic E-state index is 12.9. The van der Waals surface area contributed by atoms with Crippen LogP contribution in [0.3, 0.4) is 0 Å². The lowest BCUT2D eigenvalue weighted by Gasteiger charge is -2.33. The largest absolute Gasteiger partial charge is 0.466 e. The summed E-state index contributed by atoms with van der Waals surface area (Å²) in [6.45, 7) is 2.99. The van der Waals surface area contributed by atoms with Gasteiger partial charge in [-0.05, 0) is 37.5 Å². The monoisotopic (exact) mass is 426 g/mol. The Morgan fingerprint density at radius 2 is 1.97 bits per heavy atom. The highest BCUT2D eigenvalue weighted by Gasteiger charge is 2.39. The first kappa shape index (κ1) is 22.1. The van der Waals surface area contributed by atoms with Crippen LogP contribution >= 0.6 is 0 Å². The van der Waals surface area contributed by atoms with Gasteiger partial charge in [0, 0.05) is 32.6 Å². The zero-order valence-electron chi connectivity index (χ0n) is 16.8. The van der Waals surface area contributed by atoms with Gasteiger partial charge in [-0.1, -0.05) is 12.1 Å². The van der Waals surface area contributed by atoms with E-state index in [0.717, 1.165) is 12.1 Å². The van der Waals surface area contributed by atoms with Gasteiger partial charge in [0.25, 0.3) is 0 Å². The number of piperidine rings is 1. The van der Waals surface area contributed by atoms with Gasteiger partial charge in [0.2, 0.25) is 11.8 Å². The summed E-state index contributed by atoms with van der Waals surface area (Å²) in [6, 6.07) is 4.85. The second kappa shape index (κ2) is 9.06. The van der Waals surface area contributed by atoms with Crippen molar-refractivity contribution in [2.45, 2.75) is 38.9 Å². The normalized spacial score (nSPS) is 22.3. The van der Waals surface area contributed by atoms with Crippen LogP contribution in [0.5, 0.6) is 0 Å². The zero-order chi connectivity index (χ0) is 21.9. The molecular weight excluding hydrogens is 401 g/mol. The minimum absolute atomic E-state index is 0.0258. The average molecular weight is 426 g/mol. The number of hydrogen-bond acceptors (Lipinski definition) is 4. The van der Waals surface area contributed by atoms with E-state index in [1.54, 1.807) is 11.8 Å². The molecule has 3 rings (SSSR count). The molecule has 1 aromatic rings. The number of benzene rings is 1. The molecule has 0 radical (unpaired) electrons. The summed E-state index contributed by atoms with van der Waals surface area (Å²) in [5, 5.41) is 0. The predicted octanol–water partition coefficient (Wildman–Crippen LogP) is 2.86. The maximum absolute atomic E-state index is 12.9. The molecular formula is C21H25F3N2O4. The summed E-state index contributed by atoms with van der Waals surface area (Å²) in [6.07, 6.45) is -3.08. The molecule has 2 heterocycles. The standard InChI is InChI=1S/C21H25F3N2O4/c1-2-30-20(29)15-6-4-8-25(12-15)19(28)16-10-18(27)26(13-16)11-14-5-3-7-17(9-14)21(22,23)24/h3,5,7,9,15-16H,2,4,6,8,10-13H2,1H3. The Kier molecular flexibility index (Phi) is 6.67. The Bertz CT molecular complexity index is 812. The molecule has 30 heavy (non-hydrogen) atoms. The number of hydrogen-bond donors (Lipinski definition) is 0. The number of carbonyl (C=O) groups excluding carboxylic acids is 3. The minimum atomic E-state index is -4.45. The van der Waals surface area contributed by atoms with Crippen molar-refractivity contribution in [3.8, 4) is 0 Å². The van der Waals surface area contributed by atoms with Crippen molar-refractivity contribution in [2.24, 2.45) is 11.8 Å². The Labute approximate surface area is 173 Å². The summed E-state index contributed by atoms with van der Waals surface area (Å²) in [7, 11) is 0. The van der Waals surface area contributed by atoms with Gasteiger partial charge < -0.3 is 14.5 Å². The molecule has 0 bridgehead atoms. The highest BCUT2D eigenvalue weighted by Crippen LogP contribution is 2.31. The van der Waals surface area contributed by atoms with Crippen LogP contribution in [0.2, 0.25) is 0 Å². The second-order valence-corrected chi connectivity index (χ2v) is 7.75. The Morgan fingerprint density at radius 1 is 1.20 bits per heavy atom. The summed E-state index contributed by atoms with van der Waals surface area (Å²) < 4.78 is 43.8. The van der Waals surface area contributed by atoms with Crippen LogP contribution in [0.4, 0.5) is 13.2 Å².